The van der Waals surface area contributed by atoms with E-state index in [2.05, 4.69) is 29.2 Å². The Balaban J connectivity index is 1.67. The van der Waals surface area contributed by atoms with Crippen molar-refractivity contribution in [2.75, 3.05) is 13.1 Å². The topological polar surface area (TPSA) is 75.0 Å². The van der Waals surface area contributed by atoms with Gasteiger partial charge in [0.05, 0.1) is 5.69 Å². The molecule has 2 aromatic heterocycles. The predicted molar refractivity (Wildman–Crippen MR) is 81.5 cm³/mol. The molecule has 1 atom stereocenters. The Labute approximate surface area is 129 Å². The molecule has 1 fully saturated rings. The SMILES string of the molecule is CC(C)Cc1cc(C(=O)N2CCCC(c3ccn[nH]3)C2)on1. The first-order valence-corrected chi connectivity index (χ1v) is 7.87. The number of aromatic nitrogens is 3. The molecule has 0 bridgehead atoms. The average Bonchev–Trinajstić information content (AvgIpc) is 3.17. The monoisotopic (exact) mass is 302 g/mol. The molecule has 1 saturated heterocycles. The third kappa shape index (κ3) is 3.21. The van der Waals surface area contributed by atoms with Crippen LogP contribution in [0.2, 0.25) is 0 Å². The van der Waals surface area contributed by atoms with Crippen LogP contribution >= 0.6 is 0 Å². The Morgan fingerprint density at radius 2 is 2.41 bits per heavy atom. The van der Waals surface area contributed by atoms with Crippen LogP contribution in [0.5, 0.6) is 0 Å². The summed E-state index contributed by atoms with van der Waals surface area (Å²) in [6.07, 6.45) is 4.64. The van der Waals surface area contributed by atoms with Crippen molar-refractivity contribution in [3.8, 4) is 0 Å². The van der Waals surface area contributed by atoms with E-state index in [0.717, 1.165) is 37.2 Å². The van der Waals surface area contributed by atoms with E-state index in [1.807, 2.05) is 11.0 Å². The minimum Gasteiger partial charge on any atom is -0.351 e. The first-order chi connectivity index (χ1) is 10.6. The van der Waals surface area contributed by atoms with Crippen LogP contribution in [0.25, 0.3) is 0 Å². The second kappa shape index (κ2) is 6.34. The van der Waals surface area contributed by atoms with Gasteiger partial charge in [-0.3, -0.25) is 9.89 Å². The molecule has 3 rings (SSSR count). The van der Waals surface area contributed by atoms with Crippen LogP contribution in [-0.2, 0) is 6.42 Å². The van der Waals surface area contributed by atoms with Crippen LogP contribution in [0, 0.1) is 5.92 Å². The molecule has 1 unspecified atom stereocenters. The molecule has 0 aromatic carbocycles. The molecule has 2 aromatic rings. The molecule has 0 aliphatic carbocycles. The molecule has 22 heavy (non-hydrogen) atoms. The van der Waals surface area contributed by atoms with Gasteiger partial charge in [0.2, 0.25) is 5.76 Å². The number of H-pyrrole nitrogens is 1. The van der Waals surface area contributed by atoms with Crippen molar-refractivity contribution in [1.29, 1.82) is 0 Å². The van der Waals surface area contributed by atoms with Crippen molar-refractivity contribution < 1.29 is 9.32 Å². The maximum Gasteiger partial charge on any atom is 0.292 e. The van der Waals surface area contributed by atoms with E-state index < -0.39 is 0 Å². The lowest BCUT2D eigenvalue weighted by Crippen LogP contribution is -2.39. The fraction of sp³-hybridized carbons (Fsp3) is 0.562. The van der Waals surface area contributed by atoms with E-state index in [1.165, 1.54) is 0 Å². The van der Waals surface area contributed by atoms with Crippen molar-refractivity contribution in [3.63, 3.8) is 0 Å². The normalized spacial score (nSPS) is 18.9. The second-order valence-corrected chi connectivity index (χ2v) is 6.38. The van der Waals surface area contributed by atoms with Gasteiger partial charge in [0.1, 0.15) is 0 Å². The fourth-order valence-corrected chi connectivity index (χ4v) is 2.99. The molecule has 6 nitrogen and oxygen atoms in total. The molecule has 0 spiro atoms. The van der Waals surface area contributed by atoms with Gasteiger partial charge in [-0.2, -0.15) is 5.10 Å². The molecule has 1 aliphatic rings. The number of hydrogen-bond acceptors (Lipinski definition) is 4. The lowest BCUT2D eigenvalue weighted by molar-refractivity contribution is 0.0663. The number of rotatable bonds is 4. The third-order valence-electron chi connectivity index (χ3n) is 4.06. The van der Waals surface area contributed by atoms with Crippen molar-refractivity contribution in [1.82, 2.24) is 20.3 Å². The molecule has 1 amide bonds. The molecule has 118 valence electrons. The predicted octanol–water partition coefficient (Wildman–Crippen LogP) is 2.62. The van der Waals surface area contributed by atoms with Gasteiger partial charge in [-0.15, -0.1) is 0 Å². The van der Waals surface area contributed by atoms with Crippen LogP contribution < -0.4 is 0 Å². The number of likely N-dealkylation sites (tertiary alicyclic amines) is 1. The number of nitrogens with one attached hydrogen (secondary N) is 1. The quantitative estimate of drug-likeness (QED) is 0.942. The summed E-state index contributed by atoms with van der Waals surface area (Å²) in [7, 11) is 0. The summed E-state index contributed by atoms with van der Waals surface area (Å²) in [4.78, 5) is 14.4. The molecule has 1 N–H and O–H groups in total. The number of hydrogen-bond donors (Lipinski definition) is 1. The van der Waals surface area contributed by atoms with Gasteiger partial charge < -0.3 is 9.42 Å². The van der Waals surface area contributed by atoms with Gasteiger partial charge in [-0.05, 0) is 31.2 Å². The molecular weight excluding hydrogens is 280 g/mol. The summed E-state index contributed by atoms with van der Waals surface area (Å²) in [6.45, 7) is 5.70. The largest absolute Gasteiger partial charge is 0.351 e. The fourth-order valence-electron chi connectivity index (χ4n) is 2.99. The Morgan fingerprint density at radius 3 is 3.14 bits per heavy atom. The van der Waals surface area contributed by atoms with Crippen molar-refractivity contribution in [3.05, 3.63) is 35.5 Å². The number of amides is 1. The number of carbonyl (C=O) groups is 1. The van der Waals surface area contributed by atoms with E-state index in [4.69, 9.17) is 4.52 Å². The average molecular weight is 302 g/mol. The van der Waals surface area contributed by atoms with Crippen LogP contribution in [0.4, 0.5) is 0 Å². The van der Waals surface area contributed by atoms with Gasteiger partial charge in [0.15, 0.2) is 0 Å². The molecule has 0 saturated carbocycles. The Morgan fingerprint density at radius 1 is 1.55 bits per heavy atom. The van der Waals surface area contributed by atoms with Crippen LogP contribution in [0.3, 0.4) is 0 Å². The highest BCUT2D eigenvalue weighted by atomic mass is 16.5. The maximum atomic E-state index is 12.6. The van der Waals surface area contributed by atoms with Crippen molar-refractivity contribution >= 4 is 5.91 Å². The zero-order valence-electron chi connectivity index (χ0n) is 13.1. The van der Waals surface area contributed by atoms with E-state index in [9.17, 15) is 4.79 Å². The third-order valence-corrected chi connectivity index (χ3v) is 4.06. The van der Waals surface area contributed by atoms with Gasteiger partial charge >= 0.3 is 0 Å². The first kappa shape index (κ1) is 14.8. The van der Waals surface area contributed by atoms with E-state index in [-0.39, 0.29) is 5.91 Å². The van der Waals surface area contributed by atoms with E-state index in [1.54, 1.807) is 12.3 Å². The first-order valence-electron chi connectivity index (χ1n) is 7.87. The summed E-state index contributed by atoms with van der Waals surface area (Å²) in [6, 6.07) is 3.76. The standard InChI is InChI=1S/C16H22N4O2/c1-11(2)8-13-9-15(22-19-13)16(21)20-7-3-4-12(10-20)14-5-6-17-18-14/h5-6,9,11-12H,3-4,7-8,10H2,1-2H3,(H,17,18). The Bertz CT molecular complexity index is 618. The minimum absolute atomic E-state index is 0.0632. The number of aromatic amines is 1. The highest BCUT2D eigenvalue weighted by Crippen LogP contribution is 2.26. The summed E-state index contributed by atoms with van der Waals surface area (Å²) in [5.74, 6) is 1.10. The minimum atomic E-state index is -0.0632. The Hall–Kier alpha value is -2.11. The van der Waals surface area contributed by atoms with Gasteiger partial charge in [-0.25, -0.2) is 0 Å². The van der Waals surface area contributed by atoms with Crippen LogP contribution in [-0.4, -0.2) is 39.3 Å². The smallest absolute Gasteiger partial charge is 0.292 e. The van der Waals surface area contributed by atoms with Crippen molar-refractivity contribution in [2.24, 2.45) is 5.92 Å². The molecule has 3 heterocycles. The summed E-state index contributed by atoms with van der Waals surface area (Å²) < 4.78 is 5.25. The zero-order valence-corrected chi connectivity index (χ0v) is 13.1. The number of carbonyl (C=O) groups excluding carboxylic acids is 1. The van der Waals surface area contributed by atoms with Crippen LogP contribution in [0.15, 0.2) is 22.9 Å². The van der Waals surface area contributed by atoms with Gasteiger partial charge in [-0.1, -0.05) is 19.0 Å². The molecule has 0 radical (unpaired) electrons. The van der Waals surface area contributed by atoms with Gasteiger partial charge in [0.25, 0.3) is 5.91 Å². The number of piperidine rings is 1. The molecular formula is C16H22N4O2. The highest BCUT2D eigenvalue weighted by molar-refractivity contribution is 5.91. The maximum absolute atomic E-state index is 12.6. The number of nitrogens with zero attached hydrogens (tertiary/aromatic N) is 3. The molecule has 1 aliphatic heterocycles. The van der Waals surface area contributed by atoms with E-state index in [0.29, 0.717) is 24.1 Å². The lowest BCUT2D eigenvalue weighted by atomic mass is 9.95. The Kier molecular flexibility index (Phi) is 4.27. The summed E-state index contributed by atoms with van der Waals surface area (Å²) in [5.41, 5.74) is 1.94. The van der Waals surface area contributed by atoms with Gasteiger partial charge in [0, 0.05) is 37.0 Å². The van der Waals surface area contributed by atoms with E-state index >= 15 is 0 Å². The highest BCUT2D eigenvalue weighted by Gasteiger charge is 2.28. The molecule has 6 heteroatoms. The second-order valence-electron chi connectivity index (χ2n) is 6.38. The summed E-state index contributed by atoms with van der Waals surface area (Å²) >= 11 is 0. The van der Waals surface area contributed by atoms with Crippen LogP contribution in [0.1, 0.15) is 54.5 Å². The summed E-state index contributed by atoms with van der Waals surface area (Å²) in [5, 5.41) is 11.0. The van der Waals surface area contributed by atoms with Crippen molar-refractivity contribution in [2.45, 2.75) is 39.0 Å². The lowest BCUT2D eigenvalue weighted by Gasteiger charge is -2.31. The zero-order chi connectivity index (χ0) is 15.5.